The number of halogens is 4. The highest BCUT2D eigenvalue weighted by atomic mass is 35.5. The highest BCUT2D eigenvalue weighted by molar-refractivity contribution is 6.35. The Morgan fingerprint density at radius 3 is 2.06 bits per heavy atom. The third-order valence-electron chi connectivity index (χ3n) is 5.79. The van der Waals surface area contributed by atoms with E-state index in [9.17, 15) is 9.59 Å². The minimum Gasteiger partial charge on any atom is -0.368 e. The van der Waals surface area contributed by atoms with Crippen LogP contribution in [0.1, 0.15) is 24.0 Å². The van der Waals surface area contributed by atoms with E-state index in [2.05, 4.69) is 0 Å². The van der Waals surface area contributed by atoms with Crippen molar-refractivity contribution in [2.75, 3.05) is 27.2 Å². The van der Waals surface area contributed by atoms with Gasteiger partial charge in [0.05, 0.1) is 5.41 Å². The molecule has 1 fully saturated rings. The molecular weight excluding hydrogens is 492 g/mol. The number of carbonyl (C=O) groups excluding carboxylic acids is 2. The predicted octanol–water partition coefficient (Wildman–Crippen LogP) is 4.82. The average molecular weight is 517 g/mol. The van der Waals surface area contributed by atoms with Crippen LogP contribution in [0.5, 0.6) is 0 Å². The molecule has 0 saturated heterocycles. The van der Waals surface area contributed by atoms with Crippen LogP contribution in [-0.2, 0) is 21.4 Å². The number of amides is 2. The maximum Gasteiger partial charge on any atom is 0.240 e. The van der Waals surface area contributed by atoms with Crippen molar-refractivity contribution in [3.05, 3.63) is 67.6 Å². The molecule has 0 bridgehead atoms. The van der Waals surface area contributed by atoms with Gasteiger partial charge in [-0.1, -0.05) is 58.5 Å². The van der Waals surface area contributed by atoms with Crippen LogP contribution < -0.4 is 5.73 Å². The summed E-state index contributed by atoms with van der Waals surface area (Å²) in [6, 6.07) is 9.33. The fraction of sp³-hybridized carbons (Fsp3) is 0.391. The lowest BCUT2D eigenvalue weighted by Gasteiger charge is -2.34. The largest absolute Gasteiger partial charge is 0.368 e. The van der Waals surface area contributed by atoms with Crippen LogP contribution in [0.25, 0.3) is 0 Å². The molecule has 172 valence electrons. The van der Waals surface area contributed by atoms with E-state index in [1.165, 1.54) is 0 Å². The standard InChI is InChI=1S/C23H25Cl4N3O2/c1-29(2)9-10-30(20(21(28)31)11-14-3-4-15(24)12-18(14)26)22(32)23(7-8-23)17-6-5-16(25)13-19(17)27/h3-6,12-13,20H,7-11H2,1-2H3,(H2,28,31)/t20-/m0/s1. The van der Waals surface area contributed by atoms with Gasteiger partial charge in [-0.15, -0.1) is 0 Å². The molecule has 1 aliphatic carbocycles. The first kappa shape index (κ1) is 25.1. The first-order valence-corrected chi connectivity index (χ1v) is 11.7. The van der Waals surface area contributed by atoms with Crippen LogP contribution in [0.4, 0.5) is 0 Å². The maximum atomic E-state index is 13.9. The summed E-state index contributed by atoms with van der Waals surface area (Å²) in [4.78, 5) is 30.0. The summed E-state index contributed by atoms with van der Waals surface area (Å²) in [7, 11) is 3.81. The van der Waals surface area contributed by atoms with Gasteiger partial charge in [0, 0.05) is 39.6 Å². The van der Waals surface area contributed by atoms with Crippen LogP contribution in [0.15, 0.2) is 36.4 Å². The molecule has 0 radical (unpaired) electrons. The number of hydrogen-bond donors (Lipinski definition) is 1. The molecule has 3 rings (SSSR count). The number of likely N-dealkylation sites (N-methyl/N-ethyl adjacent to an activating group) is 1. The van der Waals surface area contributed by atoms with Crippen molar-refractivity contribution in [3.8, 4) is 0 Å². The fourth-order valence-electron chi connectivity index (χ4n) is 3.84. The van der Waals surface area contributed by atoms with E-state index in [1.807, 2.05) is 19.0 Å². The average Bonchev–Trinajstić information content (AvgIpc) is 3.49. The first-order valence-electron chi connectivity index (χ1n) is 10.2. The Balaban J connectivity index is 1.98. The molecule has 0 aromatic heterocycles. The number of rotatable bonds is 9. The molecule has 2 amide bonds. The minimum absolute atomic E-state index is 0.169. The van der Waals surface area contributed by atoms with Gasteiger partial charge in [-0.25, -0.2) is 0 Å². The second-order valence-corrected chi connectivity index (χ2v) is 10.1. The van der Waals surface area contributed by atoms with Gasteiger partial charge in [0.15, 0.2) is 0 Å². The SMILES string of the molecule is CN(C)CCN(C(=O)C1(c2ccc(Cl)cc2Cl)CC1)[C@@H](Cc1ccc(Cl)cc1Cl)C(N)=O. The molecule has 0 aliphatic heterocycles. The Hall–Kier alpha value is -1.50. The summed E-state index contributed by atoms with van der Waals surface area (Å²) in [5.74, 6) is -0.765. The fourth-order valence-corrected chi connectivity index (χ4v) is 4.92. The highest BCUT2D eigenvalue weighted by Gasteiger charge is 2.55. The zero-order valence-corrected chi connectivity index (χ0v) is 20.9. The van der Waals surface area contributed by atoms with Crippen molar-refractivity contribution >= 4 is 58.2 Å². The second kappa shape index (κ2) is 10.2. The molecule has 2 aromatic rings. The van der Waals surface area contributed by atoms with Crippen molar-refractivity contribution < 1.29 is 9.59 Å². The van der Waals surface area contributed by atoms with Crippen LogP contribution >= 0.6 is 46.4 Å². The smallest absolute Gasteiger partial charge is 0.240 e. The van der Waals surface area contributed by atoms with Crippen molar-refractivity contribution in [1.82, 2.24) is 9.80 Å². The summed E-state index contributed by atoms with van der Waals surface area (Å²) in [5.41, 5.74) is 6.43. The topological polar surface area (TPSA) is 66.6 Å². The van der Waals surface area contributed by atoms with E-state index in [0.717, 1.165) is 5.56 Å². The maximum absolute atomic E-state index is 13.9. The van der Waals surface area contributed by atoms with Crippen molar-refractivity contribution in [3.63, 3.8) is 0 Å². The number of nitrogens with zero attached hydrogens (tertiary/aromatic N) is 2. The van der Waals surface area contributed by atoms with Crippen LogP contribution in [-0.4, -0.2) is 54.8 Å². The molecule has 1 atom stereocenters. The number of carbonyl (C=O) groups is 2. The monoisotopic (exact) mass is 515 g/mol. The number of nitrogens with two attached hydrogens (primary N) is 1. The Kier molecular flexibility index (Phi) is 8.00. The molecule has 5 nitrogen and oxygen atoms in total. The number of hydrogen-bond acceptors (Lipinski definition) is 3. The molecule has 0 heterocycles. The van der Waals surface area contributed by atoms with E-state index in [4.69, 9.17) is 52.1 Å². The van der Waals surface area contributed by atoms with Gasteiger partial charge in [0.2, 0.25) is 11.8 Å². The van der Waals surface area contributed by atoms with Crippen molar-refractivity contribution in [2.45, 2.75) is 30.7 Å². The third-order valence-corrected chi connectivity index (χ3v) is 6.92. The molecule has 0 spiro atoms. The quantitative estimate of drug-likeness (QED) is 0.519. The Morgan fingerprint density at radius 1 is 0.969 bits per heavy atom. The van der Waals surface area contributed by atoms with Gasteiger partial charge in [-0.05, 0) is 62.3 Å². The zero-order valence-electron chi connectivity index (χ0n) is 17.9. The van der Waals surface area contributed by atoms with Gasteiger partial charge in [-0.3, -0.25) is 9.59 Å². The molecular formula is C23H25Cl4N3O2. The lowest BCUT2D eigenvalue weighted by Crippen LogP contribution is -2.54. The van der Waals surface area contributed by atoms with Gasteiger partial charge < -0.3 is 15.5 Å². The molecule has 32 heavy (non-hydrogen) atoms. The van der Waals surface area contributed by atoms with Crippen LogP contribution in [0, 0.1) is 0 Å². The molecule has 1 aliphatic rings. The van der Waals surface area contributed by atoms with Gasteiger partial charge in [0.1, 0.15) is 6.04 Å². The summed E-state index contributed by atoms with van der Waals surface area (Å²) < 4.78 is 0. The lowest BCUT2D eigenvalue weighted by molar-refractivity contribution is -0.141. The van der Waals surface area contributed by atoms with E-state index >= 15 is 0 Å². The van der Waals surface area contributed by atoms with Gasteiger partial charge in [0.25, 0.3) is 0 Å². The second-order valence-electron chi connectivity index (χ2n) is 8.37. The third kappa shape index (κ3) is 5.52. The highest BCUT2D eigenvalue weighted by Crippen LogP contribution is 2.52. The van der Waals surface area contributed by atoms with Gasteiger partial charge >= 0.3 is 0 Å². The lowest BCUT2D eigenvalue weighted by atomic mass is 9.92. The van der Waals surface area contributed by atoms with Crippen LogP contribution in [0.2, 0.25) is 20.1 Å². The van der Waals surface area contributed by atoms with E-state index in [-0.39, 0.29) is 12.3 Å². The minimum atomic E-state index is -0.871. The molecule has 0 unspecified atom stereocenters. The Bertz CT molecular complexity index is 1020. The van der Waals surface area contributed by atoms with E-state index in [0.29, 0.717) is 51.6 Å². The number of benzene rings is 2. The van der Waals surface area contributed by atoms with Gasteiger partial charge in [-0.2, -0.15) is 0 Å². The summed E-state index contributed by atoms with van der Waals surface area (Å²) in [5, 5.41) is 1.85. The first-order chi connectivity index (χ1) is 15.0. The van der Waals surface area contributed by atoms with Crippen LogP contribution in [0.3, 0.4) is 0 Å². The summed E-state index contributed by atoms with van der Waals surface area (Å²) >= 11 is 24.9. The summed E-state index contributed by atoms with van der Waals surface area (Å²) in [6.07, 6.45) is 1.46. The Labute approximate surface area is 208 Å². The number of primary amides is 1. The van der Waals surface area contributed by atoms with Crippen molar-refractivity contribution in [1.29, 1.82) is 0 Å². The predicted molar refractivity (Wildman–Crippen MR) is 131 cm³/mol. The Morgan fingerprint density at radius 2 is 1.56 bits per heavy atom. The normalized spacial score (nSPS) is 15.5. The summed E-state index contributed by atoms with van der Waals surface area (Å²) in [6.45, 7) is 0.895. The molecule has 2 N–H and O–H groups in total. The van der Waals surface area contributed by atoms with E-state index in [1.54, 1.807) is 41.3 Å². The zero-order chi connectivity index (χ0) is 23.6. The van der Waals surface area contributed by atoms with E-state index < -0.39 is 17.4 Å². The molecule has 2 aromatic carbocycles. The molecule has 1 saturated carbocycles. The van der Waals surface area contributed by atoms with Crippen molar-refractivity contribution in [2.24, 2.45) is 5.73 Å². The molecule has 9 heteroatoms.